The molecule has 3 heterocycles. The van der Waals surface area contributed by atoms with E-state index in [4.69, 9.17) is 9.47 Å². The minimum absolute atomic E-state index is 0.0724. The molecule has 2 amide bonds. The maximum Gasteiger partial charge on any atom is 0.243 e. The maximum absolute atomic E-state index is 11.9. The minimum atomic E-state index is -0.264. The molecule has 3 aromatic rings. The Morgan fingerprint density at radius 1 is 0.906 bits per heavy atom. The van der Waals surface area contributed by atoms with Crippen LogP contribution in [-0.2, 0) is 32.2 Å². The normalized spacial score (nSPS) is 10.8. The highest BCUT2D eigenvalue weighted by Gasteiger charge is 2.14. The molecule has 0 saturated carbocycles. The van der Waals surface area contributed by atoms with Gasteiger partial charge in [0.1, 0.15) is 18.8 Å². The van der Waals surface area contributed by atoms with Crippen molar-refractivity contribution in [3.63, 3.8) is 0 Å². The number of methoxy groups -OCH3 is 2. The van der Waals surface area contributed by atoms with E-state index >= 15 is 0 Å². The monoisotopic (exact) mass is 445 g/mol. The smallest absolute Gasteiger partial charge is 0.243 e. The molecule has 0 aliphatic carbocycles. The third-order valence-electron chi connectivity index (χ3n) is 3.98. The number of carbonyl (C=O) groups is 2. The van der Waals surface area contributed by atoms with Crippen LogP contribution in [0.2, 0.25) is 0 Å². The van der Waals surface area contributed by atoms with Gasteiger partial charge in [0.2, 0.25) is 23.5 Å². The van der Waals surface area contributed by atoms with Crippen LogP contribution < -0.4 is 10.6 Å². The number of pyridine rings is 1. The number of hydrogen-bond donors (Lipinski definition) is 2. The van der Waals surface area contributed by atoms with E-state index in [1.165, 1.54) is 9.59 Å². The number of rotatable bonds is 12. The summed E-state index contributed by atoms with van der Waals surface area (Å²) in [7, 11) is 3.10. The van der Waals surface area contributed by atoms with Crippen molar-refractivity contribution in [3.8, 4) is 22.9 Å². The van der Waals surface area contributed by atoms with E-state index in [-0.39, 0.29) is 30.7 Å². The van der Waals surface area contributed by atoms with E-state index in [0.29, 0.717) is 43.4 Å². The molecule has 0 fully saturated rings. The number of nitrogens with one attached hydrogen (secondary N) is 2. The number of nitrogens with zero attached hydrogens (tertiary/aromatic N) is 9. The summed E-state index contributed by atoms with van der Waals surface area (Å²) in [5, 5.41) is 29.4. The van der Waals surface area contributed by atoms with Crippen molar-refractivity contribution < 1.29 is 19.1 Å². The van der Waals surface area contributed by atoms with Gasteiger partial charge in [0, 0.05) is 39.1 Å². The molecule has 0 aliphatic heterocycles. The lowest BCUT2D eigenvalue weighted by molar-refractivity contribution is -0.123. The van der Waals surface area contributed by atoms with Crippen LogP contribution in [-0.4, -0.2) is 97.7 Å². The molecule has 0 spiro atoms. The van der Waals surface area contributed by atoms with Gasteiger partial charge >= 0.3 is 0 Å². The second-order valence-electron chi connectivity index (χ2n) is 6.40. The number of carbonyl (C=O) groups excluding carboxylic acids is 2. The Bertz CT molecular complexity index is 957. The Balaban J connectivity index is 1.63. The van der Waals surface area contributed by atoms with E-state index < -0.39 is 0 Å². The van der Waals surface area contributed by atoms with E-state index in [1.807, 2.05) is 0 Å². The van der Waals surface area contributed by atoms with Crippen molar-refractivity contribution in [2.24, 2.45) is 0 Å². The zero-order valence-corrected chi connectivity index (χ0v) is 17.6. The number of aromatic nitrogens is 9. The fourth-order valence-electron chi connectivity index (χ4n) is 2.48. The third-order valence-corrected chi connectivity index (χ3v) is 3.98. The summed E-state index contributed by atoms with van der Waals surface area (Å²) in [5.74, 6) is 0.0259. The van der Waals surface area contributed by atoms with Crippen molar-refractivity contribution in [2.45, 2.75) is 13.1 Å². The molecule has 15 nitrogen and oxygen atoms in total. The van der Waals surface area contributed by atoms with Gasteiger partial charge in [-0.3, -0.25) is 14.6 Å². The van der Waals surface area contributed by atoms with Crippen molar-refractivity contribution in [3.05, 3.63) is 18.3 Å². The molecule has 15 heteroatoms. The highest BCUT2D eigenvalue weighted by molar-refractivity contribution is 5.75. The lowest BCUT2D eigenvalue weighted by Gasteiger charge is -2.03. The van der Waals surface area contributed by atoms with Gasteiger partial charge < -0.3 is 20.1 Å². The zero-order chi connectivity index (χ0) is 22.8. The summed E-state index contributed by atoms with van der Waals surface area (Å²) >= 11 is 0. The lowest BCUT2D eigenvalue weighted by Crippen LogP contribution is -2.31. The first-order valence-electron chi connectivity index (χ1n) is 9.62. The van der Waals surface area contributed by atoms with E-state index in [0.717, 1.165) is 0 Å². The molecule has 170 valence electrons. The molecule has 0 aliphatic rings. The quantitative estimate of drug-likeness (QED) is 0.292. The molecular formula is C17H23N11O4. The summed E-state index contributed by atoms with van der Waals surface area (Å²) < 4.78 is 9.76. The predicted molar refractivity (Wildman–Crippen MR) is 108 cm³/mol. The Morgan fingerprint density at radius 3 is 2.06 bits per heavy atom. The van der Waals surface area contributed by atoms with Crippen LogP contribution >= 0.6 is 0 Å². The second-order valence-corrected chi connectivity index (χ2v) is 6.40. The van der Waals surface area contributed by atoms with Gasteiger partial charge in [0.15, 0.2) is 0 Å². The van der Waals surface area contributed by atoms with Gasteiger partial charge in [-0.2, -0.15) is 9.59 Å². The van der Waals surface area contributed by atoms with Crippen LogP contribution in [0.4, 0.5) is 0 Å². The van der Waals surface area contributed by atoms with Crippen LogP contribution in [0.15, 0.2) is 18.3 Å². The molecule has 3 aromatic heterocycles. The summed E-state index contributed by atoms with van der Waals surface area (Å²) in [6, 6.07) is 3.36. The number of ether oxygens (including phenoxy) is 2. The van der Waals surface area contributed by atoms with Crippen LogP contribution in [0.5, 0.6) is 0 Å². The lowest BCUT2D eigenvalue weighted by atomic mass is 10.2. The molecule has 0 bridgehead atoms. The van der Waals surface area contributed by atoms with E-state index in [9.17, 15) is 9.59 Å². The van der Waals surface area contributed by atoms with Crippen molar-refractivity contribution in [1.82, 2.24) is 56.0 Å². The topological polar surface area (TPSA) is 177 Å². The standard InChI is InChI=1S/C17H23N11O4/c1-31-7-5-19-14(29)10-27-23-16(21-25-27)12-3-4-18-13(9-12)17-22-26-28(24-17)11-15(30)20-6-8-32-2/h3-4,9H,5-8,10-11H2,1-2H3,(H,19,29)(H,20,30). The van der Waals surface area contributed by atoms with Crippen LogP contribution in [0.25, 0.3) is 22.9 Å². The first-order valence-corrected chi connectivity index (χ1v) is 9.62. The average Bonchev–Trinajstić information content (AvgIpc) is 3.44. The summed E-state index contributed by atoms with van der Waals surface area (Å²) in [6.07, 6.45) is 1.54. The van der Waals surface area contributed by atoms with Crippen molar-refractivity contribution >= 4 is 11.8 Å². The van der Waals surface area contributed by atoms with Crippen LogP contribution in [0.1, 0.15) is 0 Å². The fourth-order valence-corrected chi connectivity index (χ4v) is 2.48. The van der Waals surface area contributed by atoms with Gasteiger partial charge in [0.05, 0.1) is 13.2 Å². The van der Waals surface area contributed by atoms with Gasteiger partial charge in [-0.05, 0) is 22.6 Å². The Hall–Kier alpha value is -3.85. The second kappa shape index (κ2) is 11.5. The predicted octanol–water partition coefficient (Wildman–Crippen LogP) is -2.09. The van der Waals surface area contributed by atoms with Crippen LogP contribution in [0, 0.1) is 0 Å². The average molecular weight is 445 g/mol. The summed E-state index contributed by atoms with van der Waals surface area (Å²) in [5.41, 5.74) is 1.02. The number of amides is 2. The number of hydrogen-bond acceptors (Lipinski definition) is 11. The molecule has 2 N–H and O–H groups in total. The molecule has 3 rings (SSSR count). The van der Waals surface area contributed by atoms with Crippen LogP contribution in [0.3, 0.4) is 0 Å². The summed E-state index contributed by atoms with van der Waals surface area (Å²) in [4.78, 5) is 30.3. The Morgan fingerprint density at radius 2 is 1.47 bits per heavy atom. The first-order chi connectivity index (χ1) is 15.6. The third kappa shape index (κ3) is 6.58. The molecule has 0 unspecified atom stereocenters. The van der Waals surface area contributed by atoms with Gasteiger partial charge in [-0.25, -0.2) is 0 Å². The Labute approximate surface area is 182 Å². The van der Waals surface area contributed by atoms with Crippen molar-refractivity contribution in [1.29, 1.82) is 0 Å². The largest absolute Gasteiger partial charge is 0.383 e. The van der Waals surface area contributed by atoms with E-state index in [2.05, 4.69) is 46.4 Å². The molecular weight excluding hydrogens is 422 g/mol. The fraction of sp³-hybridized carbons (Fsp3) is 0.471. The van der Waals surface area contributed by atoms with Gasteiger partial charge in [-0.1, -0.05) is 0 Å². The van der Waals surface area contributed by atoms with Gasteiger partial charge in [-0.15, -0.1) is 20.4 Å². The molecule has 0 saturated heterocycles. The number of tetrazole rings is 2. The minimum Gasteiger partial charge on any atom is -0.383 e. The molecule has 0 aromatic carbocycles. The van der Waals surface area contributed by atoms with E-state index in [1.54, 1.807) is 32.5 Å². The Kier molecular flexibility index (Phi) is 8.22. The van der Waals surface area contributed by atoms with Crippen molar-refractivity contribution in [2.75, 3.05) is 40.5 Å². The molecule has 32 heavy (non-hydrogen) atoms. The highest BCUT2D eigenvalue weighted by Crippen LogP contribution is 2.18. The summed E-state index contributed by atoms with van der Waals surface area (Å²) in [6.45, 7) is 1.46. The maximum atomic E-state index is 11.9. The SMILES string of the molecule is COCCNC(=O)Cn1nnc(-c2ccnc(-c3nnn(CC(=O)NCCOC)n3)c2)n1. The first kappa shape index (κ1) is 22.8. The molecule has 0 radical (unpaired) electrons. The molecule has 0 atom stereocenters. The van der Waals surface area contributed by atoms with Gasteiger partial charge in [0.25, 0.3) is 0 Å². The zero-order valence-electron chi connectivity index (χ0n) is 17.6. The highest BCUT2D eigenvalue weighted by atomic mass is 16.5.